The number of nitrogens with zero attached hydrogens (tertiary/aromatic N) is 1. The highest BCUT2D eigenvalue weighted by Crippen LogP contribution is 2.20. The van der Waals surface area contributed by atoms with Crippen LogP contribution in [0.4, 0.5) is 5.69 Å². The van der Waals surface area contributed by atoms with Crippen LogP contribution >= 0.6 is 11.8 Å². The summed E-state index contributed by atoms with van der Waals surface area (Å²) in [5.74, 6) is 0.473. The minimum atomic E-state index is -0.182. The first-order valence-corrected chi connectivity index (χ1v) is 10.4. The summed E-state index contributed by atoms with van der Waals surface area (Å²) in [5.41, 5.74) is 2.20. The van der Waals surface area contributed by atoms with E-state index in [1.54, 1.807) is 48.4 Å². The number of hydrogen-bond donors (Lipinski definition) is 2. The summed E-state index contributed by atoms with van der Waals surface area (Å²) >= 11 is 1.68. The van der Waals surface area contributed by atoms with Gasteiger partial charge in [-0.1, -0.05) is 37.3 Å². The maximum atomic E-state index is 12.3. The molecular formula is C23H23N3O2S. The van der Waals surface area contributed by atoms with E-state index in [1.807, 2.05) is 49.4 Å². The van der Waals surface area contributed by atoms with Crippen molar-refractivity contribution in [2.45, 2.75) is 18.4 Å². The van der Waals surface area contributed by atoms with E-state index in [4.69, 9.17) is 0 Å². The monoisotopic (exact) mass is 405 g/mol. The first-order chi connectivity index (χ1) is 14.1. The molecule has 0 aliphatic carbocycles. The van der Waals surface area contributed by atoms with E-state index in [0.717, 1.165) is 16.2 Å². The zero-order chi connectivity index (χ0) is 20.5. The lowest BCUT2D eigenvalue weighted by atomic mass is 10.1. The molecule has 0 aliphatic rings. The fraction of sp³-hybridized carbons (Fsp3) is 0.174. The molecule has 0 spiro atoms. The van der Waals surface area contributed by atoms with E-state index in [2.05, 4.69) is 15.6 Å². The second-order valence-corrected chi connectivity index (χ2v) is 7.72. The summed E-state index contributed by atoms with van der Waals surface area (Å²) in [7, 11) is 0. The van der Waals surface area contributed by atoms with Crippen molar-refractivity contribution in [1.29, 1.82) is 0 Å². The Morgan fingerprint density at radius 1 is 0.966 bits per heavy atom. The molecule has 0 aliphatic heterocycles. The van der Waals surface area contributed by atoms with E-state index in [9.17, 15) is 9.59 Å². The van der Waals surface area contributed by atoms with Gasteiger partial charge in [-0.3, -0.25) is 14.6 Å². The van der Waals surface area contributed by atoms with Gasteiger partial charge in [-0.15, -0.1) is 11.8 Å². The molecule has 5 nitrogen and oxygen atoms in total. The van der Waals surface area contributed by atoms with Crippen molar-refractivity contribution in [1.82, 2.24) is 10.3 Å². The number of hydrogen-bond acceptors (Lipinski definition) is 4. The number of carbonyl (C=O) groups excluding carboxylic acids is 2. The number of benzene rings is 2. The molecule has 1 unspecified atom stereocenters. The summed E-state index contributed by atoms with van der Waals surface area (Å²) in [5, 5.41) is 5.78. The molecule has 3 aromatic rings. The lowest BCUT2D eigenvalue weighted by Crippen LogP contribution is -2.29. The Kier molecular flexibility index (Phi) is 7.41. The number of rotatable bonds is 8. The van der Waals surface area contributed by atoms with Crippen LogP contribution in [0.2, 0.25) is 0 Å². The largest absolute Gasteiger partial charge is 0.352 e. The van der Waals surface area contributed by atoms with Gasteiger partial charge in [0.15, 0.2) is 0 Å². The summed E-state index contributed by atoms with van der Waals surface area (Å²) in [6.07, 6.45) is 3.25. The maximum Gasteiger partial charge on any atom is 0.255 e. The first-order valence-electron chi connectivity index (χ1n) is 9.37. The second-order valence-electron chi connectivity index (χ2n) is 6.63. The van der Waals surface area contributed by atoms with Crippen LogP contribution in [-0.2, 0) is 11.3 Å². The number of nitrogens with one attached hydrogen (secondary N) is 2. The van der Waals surface area contributed by atoms with Crippen LogP contribution in [0.25, 0.3) is 0 Å². The highest BCUT2D eigenvalue weighted by Gasteiger charge is 2.13. The average molecular weight is 406 g/mol. The summed E-state index contributed by atoms with van der Waals surface area (Å²) < 4.78 is 0. The first kappa shape index (κ1) is 20.6. The van der Waals surface area contributed by atoms with Crippen molar-refractivity contribution in [3.63, 3.8) is 0 Å². The molecule has 1 aromatic heterocycles. The van der Waals surface area contributed by atoms with Gasteiger partial charge in [0.05, 0.1) is 0 Å². The van der Waals surface area contributed by atoms with Gasteiger partial charge in [0.2, 0.25) is 5.91 Å². The van der Waals surface area contributed by atoms with Gasteiger partial charge in [-0.05, 0) is 42.0 Å². The number of thioether (sulfide) groups is 1. The topological polar surface area (TPSA) is 71.1 Å². The highest BCUT2D eigenvalue weighted by atomic mass is 32.2. The van der Waals surface area contributed by atoms with Crippen molar-refractivity contribution < 1.29 is 9.59 Å². The minimum Gasteiger partial charge on any atom is -0.352 e. The van der Waals surface area contributed by atoms with Gasteiger partial charge in [0, 0.05) is 46.8 Å². The second kappa shape index (κ2) is 10.4. The lowest BCUT2D eigenvalue weighted by Gasteiger charge is -2.12. The smallest absolute Gasteiger partial charge is 0.255 e. The highest BCUT2D eigenvalue weighted by molar-refractivity contribution is 7.99. The maximum absolute atomic E-state index is 12.3. The van der Waals surface area contributed by atoms with Crippen LogP contribution in [0.1, 0.15) is 22.8 Å². The van der Waals surface area contributed by atoms with Crippen LogP contribution < -0.4 is 10.6 Å². The molecule has 2 aromatic carbocycles. The van der Waals surface area contributed by atoms with Crippen LogP contribution in [-0.4, -0.2) is 22.6 Å². The molecule has 29 heavy (non-hydrogen) atoms. The molecule has 0 saturated carbocycles. The van der Waals surface area contributed by atoms with E-state index >= 15 is 0 Å². The van der Waals surface area contributed by atoms with Gasteiger partial charge in [0.25, 0.3) is 5.91 Å². The Morgan fingerprint density at radius 3 is 2.34 bits per heavy atom. The Labute approximate surface area is 175 Å². The minimum absolute atomic E-state index is 0.0212. The Hall–Kier alpha value is -3.12. The molecule has 1 heterocycles. The fourth-order valence-corrected chi connectivity index (χ4v) is 3.53. The number of amides is 2. The summed E-state index contributed by atoms with van der Waals surface area (Å²) in [6, 6.07) is 20.7. The lowest BCUT2D eigenvalue weighted by molar-refractivity contribution is -0.124. The standard InChI is InChI=1S/C23H23N3O2S/c1-17(16-29-21-5-3-2-4-6-21)22(27)25-15-18-7-9-19(10-8-18)23(28)26-20-11-13-24-14-12-20/h2-14,17H,15-16H2,1H3,(H,25,27)(H,24,26,28). The van der Waals surface area contributed by atoms with Crippen molar-refractivity contribution >= 4 is 29.3 Å². The summed E-state index contributed by atoms with van der Waals surface area (Å²) in [4.78, 5) is 29.7. The molecule has 3 rings (SSSR count). The third kappa shape index (κ3) is 6.47. The normalized spacial score (nSPS) is 11.5. The average Bonchev–Trinajstić information content (AvgIpc) is 2.77. The Morgan fingerprint density at radius 2 is 1.66 bits per heavy atom. The van der Waals surface area contributed by atoms with Crippen molar-refractivity contribution in [2.24, 2.45) is 5.92 Å². The fourth-order valence-electron chi connectivity index (χ4n) is 2.59. The van der Waals surface area contributed by atoms with Crippen LogP contribution in [0.5, 0.6) is 0 Å². The molecule has 2 amide bonds. The van der Waals surface area contributed by atoms with Crippen molar-refractivity contribution in [2.75, 3.05) is 11.1 Å². The quantitative estimate of drug-likeness (QED) is 0.546. The van der Waals surface area contributed by atoms with Gasteiger partial charge in [0.1, 0.15) is 0 Å². The predicted octanol–water partition coefficient (Wildman–Crippen LogP) is 4.38. The molecule has 6 heteroatoms. The van der Waals surface area contributed by atoms with Gasteiger partial charge in [-0.25, -0.2) is 0 Å². The molecule has 0 fully saturated rings. The molecule has 0 saturated heterocycles. The van der Waals surface area contributed by atoms with Gasteiger partial charge in [-0.2, -0.15) is 0 Å². The van der Waals surface area contributed by atoms with Crippen molar-refractivity contribution in [3.8, 4) is 0 Å². The van der Waals surface area contributed by atoms with Crippen LogP contribution in [0.15, 0.2) is 84.0 Å². The zero-order valence-electron chi connectivity index (χ0n) is 16.2. The number of carbonyl (C=O) groups is 2. The van der Waals surface area contributed by atoms with E-state index in [-0.39, 0.29) is 17.7 Å². The molecule has 148 valence electrons. The molecule has 0 bridgehead atoms. The zero-order valence-corrected chi connectivity index (χ0v) is 17.0. The predicted molar refractivity (Wildman–Crippen MR) is 117 cm³/mol. The summed E-state index contributed by atoms with van der Waals surface area (Å²) in [6.45, 7) is 2.36. The molecule has 2 N–H and O–H groups in total. The van der Waals surface area contributed by atoms with Gasteiger partial charge >= 0.3 is 0 Å². The third-order valence-electron chi connectivity index (χ3n) is 4.31. The number of pyridine rings is 1. The molecule has 1 atom stereocenters. The molecular weight excluding hydrogens is 382 g/mol. The molecule has 0 radical (unpaired) electrons. The number of aromatic nitrogens is 1. The van der Waals surface area contributed by atoms with Gasteiger partial charge < -0.3 is 10.6 Å². The Balaban J connectivity index is 1.45. The Bertz CT molecular complexity index is 931. The van der Waals surface area contributed by atoms with E-state index < -0.39 is 0 Å². The van der Waals surface area contributed by atoms with E-state index in [1.165, 1.54) is 0 Å². The SMILES string of the molecule is CC(CSc1ccccc1)C(=O)NCc1ccc(C(=O)Nc2ccncc2)cc1. The van der Waals surface area contributed by atoms with Crippen LogP contribution in [0.3, 0.4) is 0 Å². The van der Waals surface area contributed by atoms with E-state index in [0.29, 0.717) is 17.8 Å². The van der Waals surface area contributed by atoms with Crippen molar-refractivity contribution in [3.05, 3.63) is 90.3 Å². The third-order valence-corrected chi connectivity index (χ3v) is 5.58. The number of anilines is 1. The van der Waals surface area contributed by atoms with Crippen LogP contribution in [0, 0.1) is 5.92 Å².